The average Bonchev–Trinajstić information content (AvgIpc) is 3.85. The minimum atomic E-state index is 0.107. The van der Waals surface area contributed by atoms with Gasteiger partial charge in [0.25, 0.3) is 0 Å². The van der Waals surface area contributed by atoms with Gasteiger partial charge >= 0.3 is 0 Å². The summed E-state index contributed by atoms with van der Waals surface area (Å²) in [5.74, 6) is 3.49. The maximum Gasteiger partial charge on any atom is 0.159 e. The summed E-state index contributed by atoms with van der Waals surface area (Å²) in [4.78, 5) is 2.58. The van der Waals surface area contributed by atoms with E-state index in [9.17, 15) is 0 Å². The Morgan fingerprint density at radius 2 is 1.34 bits per heavy atom. The molecule has 1 aromatic heterocycles. The molecule has 0 radical (unpaired) electrons. The van der Waals surface area contributed by atoms with Crippen LogP contribution in [0.2, 0.25) is 0 Å². The third-order valence-corrected chi connectivity index (χ3v) is 15.6. The summed E-state index contributed by atoms with van der Waals surface area (Å²) in [6.45, 7) is 9.76. The summed E-state index contributed by atoms with van der Waals surface area (Å²) in [5, 5.41) is 2.35. The van der Waals surface area contributed by atoms with Crippen LogP contribution in [-0.4, -0.2) is 0 Å². The Morgan fingerprint density at radius 1 is 0.620 bits per heavy atom. The highest BCUT2D eigenvalue weighted by Crippen LogP contribution is 2.89. The molecule has 6 aromatic rings. The number of para-hydroxylation sites is 2. The molecule has 0 amide bonds. The molecule has 1 heterocycles. The Bertz CT molecular complexity index is 2460. The van der Waals surface area contributed by atoms with E-state index in [0.29, 0.717) is 5.41 Å². The SMILES string of the molecule is CC1(C)CCC(C)(C)c2cc(N(c3cccc4c3-c3ccccc3C43C4CC5CC6CC3C64C5)c3cccc4c3oc3ccccc34)ccc21. The second kappa shape index (κ2) is 8.94. The fourth-order valence-electron chi connectivity index (χ4n) is 13.6. The van der Waals surface area contributed by atoms with Crippen LogP contribution in [0, 0.1) is 29.1 Å². The van der Waals surface area contributed by atoms with Gasteiger partial charge in [-0.3, -0.25) is 0 Å². The van der Waals surface area contributed by atoms with E-state index >= 15 is 0 Å². The van der Waals surface area contributed by atoms with Crippen LogP contribution in [0.1, 0.15) is 88.5 Å². The fourth-order valence-corrected chi connectivity index (χ4v) is 13.6. The molecule has 2 nitrogen and oxygen atoms in total. The van der Waals surface area contributed by atoms with Crippen molar-refractivity contribution in [3.63, 3.8) is 0 Å². The quantitative estimate of drug-likeness (QED) is 0.189. The molecule has 5 aromatic carbocycles. The van der Waals surface area contributed by atoms with Gasteiger partial charge in [0.15, 0.2) is 5.58 Å². The van der Waals surface area contributed by atoms with Gasteiger partial charge in [-0.05, 0) is 137 Å². The van der Waals surface area contributed by atoms with Crippen molar-refractivity contribution in [2.75, 3.05) is 4.90 Å². The summed E-state index contributed by atoms with van der Waals surface area (Å²) >= 11 is 0. The third-order valence-electron chi connectivity index (χ3n) is 15.6. The first-order valence-corrected chi connectivity index (χ1v) is 19.3. The zero-order chi connectivity index (χ0) is 33.4. The van der Waals surface area contributed by atoms with Crippen LogP contribution in [0.25, 0.3) is 33.1 Å². The monoisotopic (exact) mass is 651 g/mol. The van der Waals surface area contributed by atoms with Crippen molar-refractivity contribution in [2.45, 2.75) is 82.5 Å². The fraction of sp³-hybridized carbons (Fsp3) is 0.375. The molecule has 2 heteroatoms. The number of rotatable bonds is 3. The van der Waals surface area contributed by atoms with Crippen LogP contribution >= 0.6 is 0 Å². The second-order valence-corrected chi connectivity index (χ2v) is 18.4. The molecule has 6 aliphatic carbocycles. The van der Waals surface area contributed by atoms with Crippen LogP contribution in [0.5, 0.6) is 0 Å². The Balaban J connectivity index is 1.15. The van der Waals surface area contributed by atoms with Gasteiger partial charge in [-0.15, -0.1) is 0 Å². The Hall–Kier alpha value is -4.30. The topological polar surface area (TPSA) is 16.4 Å². The van der Waals surface area contributed by atoms with Crippen molar-refractivity contribution in [2.24, 2.45) is 29.1 Å². The molecule has 12 rings (SSSR count). The van der Waals surface area contributed by atoms with Crippen molar-refractivity contribution in [3.8, 4) is 11.1 Å². The van der Waals surface area contributed by atoms with Crippen LogP contribution in [0.4, 0.5) is 17.1 Å². The zero-order valence-electron chi connectivity index (χ0n) is 29.7. The van der Waals surface area contributed by atoms with Gasteiger partial charge in [-0.25, -0.2) is 0 Å². The molecule has 50 heavy (non-hydrogen) atoms. The lowest BCUT2D eigenvalue weighted by atomic mass is 9.27. The summed E-state index contributed by atoms with van der Waals surface area (Å²) in [6.07, 6.45) is 8.24. The van der Waals surface area contributed by atoms with Crippen molar-refractivity contribution in [1.29, 1.82) is 0 Å². The predicted molar refractivity (Wildman–Crippen MR) is 205 cm³/mol. The van der Waals surface area contributed by atoms with E-state index in [1.54, 1.807) is 11.1 Å². The van der Waals surface area contributed by atoms with E-state index in [1.165, 1.54) is 82.9 Å². The van der Waals surface area contributed by atoms with Crippen LogP contribution in [0.15, 0.2) is 108 Å². The first-order valence-electron chi connectivity index (χ1n) is 19.3. The summed E-state index contributed by atoms with van der Waals surface area (Å²) < 4.78 is 6.83. The van der Waals surface area contributed by atoms with Crippen LogP contribution in [-0.2, 0) is 16.2 Å². The number of anilines is 3. The molecule has 248 valence electrons. The van der Waals surface area contributed by atoms with E-state index in [2.05, 4.69) is 136 Å². The number of nitrogens with zero attached hydrogens (tertiary/aromatic N) is 1. The number of fused-ring (bicyclic) bond motifs is 12. The summed E-state index contributed by atoms with van der Waals surface area (Å²) in [5.41, 5.74) is 15.7. The van der Waals surface area contributed by atoms with E-state index in [-0.39, 0.29) is 16.2 Å². The third kappa shape index (κ3) is 3.09. The molecule has 2 bridgehead atoms. The van der Waals surface area contributed by atoms with Gasteiger partial charge in [0.2, 0.25) is 0 Å². The van der Waals surface area contributed by atoms with Crippen molar-refractivity contribution >= 4 is 39.0 Å². The molecule has 4 fully saturated rings. The van der Waals surface area contributed by atoms with E-state index < -0.39 is 0 Å². The molecule has 6 atom stereocenters. The molecular formula is C48H45NO. The van der Waals surface area contributed by atoms with Gasteiger partial charge in [0.05, 0.1) is 11.4 Å². The van der Waals surface area contributed by atoms with Crippen LogP contribution < -0.4 is 4.90 Å². The second-order valence-electron chi connectivity index (χ2n) is 18.4. The predicted octanol–water partition coefficient (Wildman–Crippen LogP) is 12.7. The van der Waals surface area contributed by atoms with Crippen molar-refractivity contribution in [3.05, 3.63) is 125 Å². The first-order chi connectivity index (χ1) is 24.2. The lowest BCUT2D eigenvalue weighted by Crippen LogP contribution is -2.73. The minimum Gasteiger partial charge on any atom is -0.454 e. The summed E-state index contributed by atoms with van der Waals surface area (Å²) in [6, 6.07) is 39.6. The molecule has 6 aliphatic rings. The number of furan rings is 1. The van der Waals surface area contributed by atoms with Crippen molar-refractivity contribution in [1.82, 2.24) is 0 Å². The van der Waals surface area contributed by atoms with Crippen molar-refractivity contribution < 1.29 is 4.42 Å². The molecular weight excluding hydrogens is 607 g/mol. The molecule has 0 saturated heterocycles. The van der Waals surface area contributed by atoms with E-state index in [1.807, 2.05) is 0 Å². The largest absolute Gasteiger partial charge is 0.454 e. The van der Waals surface area contributed by atoms with Gasteiger partial charge in [0.1, 0.15) is 5.58 Å². The van der Waals surface area contributed by atoms with Gasteiger partial charge in [-0.2, -0.15) is 0 Å². The van der Waals surface area contributed by atoms with Crippen LogP contribution in [0.3, 0.4) is 0 Å². The van der Waals surface area contributed by atoms with E-state index in [0.717, 1.165) is 40.5 Å². The standard InChI is InChI=1S/C48H45NO/c1-45(2)21-22-46(3,4)37-26-30(19-20-35(37)45)49(39-17-9-13-32-31-11-6-8-18-40(31)50-44(32)39)38-16-10-15-36-43(38)33-12-5-7-14-34(33)48(36)41-24-28-23-29-25-42(48)47(29,41)27-28/h5-20,26,28-29,41-42H,21-25,27H2,1-4H3. The number of hydrogen-bond donors (Lipinski definition) is 0. The van der Waals surface area contributed by atoms with Gasteiger partial charge in [0, 0.05) is 27.4 Å². The normalized spacial score (nSPS) is 31.2. The smallest absolute Gasteiger partial charge is 0.159 e. The molecule has 0 aliphatic heterocycles. The minimum absolute atomic E-state index is 0.107. The maximum atomic E-state index is 6.83. The Morgan fingerprint density at radius 3 is 2.22 bits per heavy atom. The van der Waals surface area contributed by atoms with Gasteiger partial charge < -0.3 is 9.32 Å². The van der Waals surface area contributed by atoms with Gasteiger partial charge in [-0.1, -0.05) is 100 Å². The first kappa shape index (κ1) is 28.4. The highest BCUT2D eigenvalue weighted by Gasteiger charge is 2.84. The zero-order valence-corrected chi connectivity index (χ0v) is 29.7. The molecule has 4 saturated carbocycles. The van der Waals surface area contributed by atoms with E-state index in [4.69, 9.17) is 4.42 Å². The lowest BCUT2D eigenvalue weighted by Gasteiger charge is -2.76. The summed E-state index contributed by atoms with van der Waals surface area (Å²) in [7, 11) is 0. The lowest BCUT2D eigenvalue weighted by molar-refractivity contribution is -0.231. The number of benzene rings is 5. The maximum absolute atomic E-state index is 6.83. The molecule has 2 spiro atoms. The molecule has 0 N–H and O–H groups in total. The number of hydrogen-bond acceptors (Lipinski definition) is 2. The Labute approximate surface area is 295 Å². The highest BCUT2D eigenvalue weighted by molar-refractivity contribution is 6.11. The average molecular weight is 652 g/mol. The molecule has 6 unspecified atom stereocenters. The highest BCUT2D eigenvalue weighted by atomic mass is 16.3. The Kier molecular flexibility index (Phi) is 5.08.